The molecule has 1 aliphatic carbocycles. The Labute approximate surface area is 142 Å². The summed E-state index contributed by atoms with van der Waals surface area (Å²) < 4.78 is 23.7. The molecule has 0 aromatic heterocycles. The third-order valence-electron chi connectivity index (χ3n) is 5.05. The fourth-order valence-corrected chi connectivity index (χ4v) is 5.16. The molecule has 7 heteroatoms. The van der Waals surface area contributed by atoms with Crippen molar-refractivity contribution >= 4 is 27.1 Å². The third-order valence-corrected chi connectivity index (χ3v) is 6.70. The topological polar surface area (TPSA) is 81.5 Å². The Kier molecular flexibility index (Phi) is 3.83. The summed E-state index contributed by atoms with van der Waals surface area (Å²) in [6.45, 7) is 2.65. The van der Waals surface area contributed by atoms with Crippen LogP contribution in [0.2, 0.25) is 0 Å². The third kappa shape index (κ3) is 2.65. The van der Waals surface area contributed by atoms with Crippen molar-refractivity contribution in [2.75, 3.05) is 36.2 Å². The van der Waals surface area contributed by atoms with Crippen molar-refractivity contribution in [3.63, 3.8) is 0 Å². The van der Waals surface area contributed by atoms with Gasteiger partial charge in [0.2, 0.25) is 5.91 Å². The van der Waals surface area contributed by atoms with Crippen molar-refractivity contribution in [2.45, 2.75) is 18.6 Å². The number of para-hydroxylation sites is 2. The van der Waals surface area contributed by atoms with Crippen LogP contribution in [0.5, 0.6) is 0 Å². The van der Waals surface area contributed by atoms with Crippen LogP contribution in [0.25, 0.3) is 0 Å². The predicted octanol–water partition coefficient (Wildman–Crippen LogP) is 1.43. The van der Waals surface area contributed by atoms with Crippen LogP contribution in [0, 0.1) is 22.7 Å². The van der Waals surface area contributed by atoms with Gasteiger partial charge in [-0.15, -0.1) is 0 Å². The number of fused-ring (bicyclic) bond motifs is 1. The molecule has 1 heterocycles. The number of nitriles is 1. The molecule has 1 saturated carbocycles. The Bertz CT molecular complexity index is 830. The van der Waals surface area contributed by atoms with Gasteiger partial charge in [0.15, 0.2) is 9.84 Å². The predicted molar refractivity (Wildman–Crippen MR) is 92.5 cm³/mol. The lowest BCUT2D eigenvalue weighted by atomic mass is 10.1. The molecule has 2 aliphatic rings. The average molecular weight is 347 g/mol. The SMILES string of the molecule is CC1CN(C[C@]2(C#N)C[C@H]2S(C)(=O)=O)c2ccccc2N(C)C1=O. The Morgan fingerprint density at radius 3 is 2.50 bits per heavy atom. The van der Waals surface area contributed by atoms with Crippen LogP contribution in [-0.4, -0.2) is 46.0 Å². The van der Waals surface area contributed by atoms with Gasteiger partial charge in [-0.1, -0.05) is 19.1 Å². The second-order valence-electron chi connectivity index (χ2n) is 6.96. The molecule has 24 heavy (non-hydrogen) atoms. The number of carbonyl (C=O) groups excluding carboxylic acids is 1. The minimum atomic E-state index is -3.25. The zero-order valence-electron chi connectivity index (χ0n) is 14.1. The summed E-state index contributed by atoms with van der Waals surface area (Å²) in [6.07, 6.45) is 1.55. The summed E-state index contributed by atoms with van der Waals surface area (Å²) in [5.74, 6) is -0.208. The Morgan fingerprint density at radius 2 is 1.96 bits per heavy atom. The van der Waals surface area contributed by atoms with Crippen molar-refractivity contribution < 1.29 is 13.2 Å². The van der Waals surface area contributed by atoms with E-state index >= 15 is 0 Å². The number of hydrogen-bond donors (Lipinski definition) is 0. The van der Waals surface area contributed by atoms with Gasteiger partial charge in [0, 0.05) is 26.4 Å². The number of anilines is 2. The molecule has 0 spiro atoms. The number of sulfone groups is 1. The maximum Gasteiger partial charge on any atom is 0.231 e. The zero-order chi connectivity index (χ0) is 17.7. The maximum atomic E-state index is 12.5. The van der Waals surface area contributed by atoms with E-state index in [0.29, 0.717) is 19.5 Å². The molecule has 1 aromatic rings. The van der Waals surface area contributed by atoms with E-state index in [1.54, 1.807) is 11.9 Å². The quantitative estimate of drug-likeness (QED) is 0.826. The van der Waals surface area contributed by atoms with Crippen LogP contribution in [0.4, 0.5) is 11.4 Å². The molecule has 1 aliphatic heterocycles. The van der Waals surface area contributed by atoms with Crippen LogP contribution < -0.4 is 9.80 Å². The van der Waals surface area contributed by atoms with E-state index in [-0.39, 0.29) is 11.8 Å². The summed E-state index contributed by atoms with van der Waals surface area (Å²) in [6, 6.07) is 9.77. The van der Waals surface area contributed by atoms with Crippen molar-refractivity contribution in [3.05, 3.63) is 24.3 Å². The minimum absolute atomic E-state index is 0.0198. The van der Waals surface area contributed by atoms with Gasteiger partial charge < -0.3 is 9.80 Å². The maximum absolute atomic E-state index is 12.5. The highest BCUT2D eigenvalue weighted by atomic mass is 32.2. The molecule has 6 nitrogen and oxygen atoms in total. The van der Waals surface area contributed by atoms with Gasteiger partial charge in [-0.25, -0.2) is 8.42 Å². The molecule has 3 atom stereocenters. The molecule has 0 N–H and O–H groups in total. The lowest BCUT2D eigenvalue weighted by molar-refractivity contribution is -0.121. The molecule has 3 rings (SSSR count). The van der Waals surface area contributed by atoms with Crippen molar-refractivity contribution in [3.8, 4) is 6.07 Å². The van der Waals surface area contributed by atoms with Crippen LogP contribution in [0.1, 0.15) is 13.3 Å². The fraction of sp³-hybridized carbons (Fsp3) is 0.529. The second kappa shape index (κ2) is 5.49. The molecular formula is C17H21N3O3S. The highest BCUT2D eigenvalue weighted by molar-refractivity contribution is 7.91. The first-order chi connectivity index (χ1) is 11.2. The standard InChI is InChI=1S/C17H21N3O3S/c1-12-9-20(11-17(10-18)8-15(17)24(3,22)23)14-7-5-4-6-13(14)19(2)16(12)21/h4-7,12,15H,8-9,11H2,1-3H3/t12?,15-,17-/m1/s1. The van der Waals surface area contributed by atoms with Crippen molar-refractivity contribution in [1.29, 1.82) is 5.26 Å². The number of amides is 1. The normalized spacial score (nSPS) is 29.7. The highest BCUT2D eigenvalue weighted by Crippen LogP contribution is 2.51. The Balaban J connectivity index is 1.98. The number of carbonyl (C=O) groups is 1. The molecule has 1 fully saturated rings. The Hall–Kier alpha value is -2.07. The van der Waals surface area contributed by atoms with Crippen LogP contribution >= 0.6 is 0 Å². The minimum Gasteiger partial charge on any atom is -0.367 e. The zero-order valence-corrected chi connectivity index (χ0v) is 14.9. The van der Waals surface area contributed by atoms with Gasteiger partial charge >= 0.3 is 0 Å². The lowest BCUT2D eigenvalue weighted by Crippen LogP contribution is -2.37. The van der Waals surface area contributed by atoms with Crippen LogP contribution in [0.3, 0.4) is 0 Å². The monoisotopic (exact) mass is 347 g/mol. The van der Waals surface area contributed by atoms with E-state index in [9.17, 15) is 18.5 Å². The summed E-state index contributed by atoms with van der Waals surface area (Å²) in [7, 11) is -1.50. The molecule has 128 valence electrons. The number of nitrogens with zero attached hydrogens (tertiary/aromatic N) is 3. The van der Waals surface area contributed by atoms with Gasteiger partial charge in [-0.05, 0) is 18.6 Å². The highest BCUT2D eigenvalue weighted by Gasteiger charge is 2.61. The summed E-state index contributed by atoms with van der Waals surface area (Å²) >= 11 is 0. The summed E-state index contributed by atoms with van der Waals surface area (Å²) in [5, 5.41) is 8.97. The van der Waals surface area contributed by atoms with E-state index < -0.39 is 20.5 Å². The molecule has 0 saturated heterocycles. The molecule has 1 aromatic carbocycles. The van der Waals surface area contributed by atoms with Crippen molar-refractivity contribution in [2.24, 2.45) is 11.3 Å². The first-order valence-corrected chi connectivity index (χ1v) is 9.87. The van der Waals surface area contributed by atoms with Gasteiger partial charge in [0.25, 0.3) is 0 Å². The Morgan fingerprint density at radius 1 is 1.33 bits per heavy atom. The average Bonchev–Trinajstić information content (AvgIpc) is 3.28. The first-order valence-electron chi connectivity index (χ1n) is 7.91. The van der Waals surface area contributed by atoms with Crippen molar-refractivity contribution in [1.82, 2.24) is 0 Å². The van der Waals surface area contributed by atoms with Gasteiger partial charge in [-0.2, -0.15) is 5.26 Å². The number of benzene rings is 1. The second-order valence-corrected chi connectivity index (χ2v) is 9.19. The molecule has 1 unspecified atom stereocenters. The number of rotatable bonds is 3. The molecule has 0 bridgehead atoms. The fourth-order valence-electron chi connectivity index (χ4n) is 3.61. The van der Waals surface area contributed by atoms with Gasteiger partial charge in [0.1, 0.15) is 0 Å². The van der Waals surface area contributed by atoms with Gasteiger partial charge in [0.05, 0.1) is 34.0 Å². The van der Waals surface area contributed by atoms with Crippen LogP contribution in [0.15, 0.2) is 24.3 Å². The lowest BCUT2D eigenvalue weighted by Gasteiger charge is -2.28. The summed E-state index contributed by atoms with van der Waals surface area (Å²) in [4.78, 5) is 16.1. The largest absolute Gasteiger partial charge is 0.367 e. The van der Waals surface area contributed by atoms with E-state index in [1.165, 1.54) is 6.26 Å². The molecule has 0 radical (unpaired) electrons. The molecule has 1 amide bonds. The van der Waals surface area contributed by atoms with E-state index in [1.807, 2.05) is 36.1 Å². The first kappa shape index (κ1) is 16.8. The van der Waals surface area contributed by atoms with E-state index in [4.69, 9.17) is 0 Å². The van der Waals surface area contributed by atoms with E-state index in [0.717, 1.165) is 11.4 Å². The molecular weight excluding hydrogens is 326 g/mol. The van der Waals surface area contributed by atoms with Gasteiger partial charge in [-0.3, -0.25) is 4.79 Å². The smallest absolute Gasteiger partial charge is 0.231 e. The van der Waals surface area contributed by atoms with E-state index in [2.05, 4.69) is 6.07 Å². The summed E-state index contributed by atoms with van der Waals surface area (Å²) in [5.41, 5.74) is 0.773. The van der Waals surface area contributed by atoms with Crippen LogP contribution in [-0.2, 0) is 14.6 Å². The number of hydrogen-bond acceptors (Lipinski definition) is 5.